The molecular formula is C11H7N3. The quantitative estimate of drug-likeness (QED) is 0.499. The summed E-state index contributed by atoms with van der Waals surface area (Å²) in [6.07, 6.45) is 5.34. The molecule has 0 amide bonds. The summed E-state index contributed by atoms with van der Waals surface area (Å²) in [6, 6.07) is 7.99. The van der Waals surface area contributed by atoms with E-state index in [1.807, 2.05) is 24.3 Å². The molecule has 2 heterocycles. The number of rotatable bonds is 0. The second-order valence-corrected chi connectivity index (χ2v) is 3.13. The van der Waals surface area contributed by atoms with Crippen molar-refractivity contribution in [3.63, 3.8) is 0 Å². The Balaban J connectivity index is 2.61. The minimum atomic E-state index is 0.994. The lowest BCUT2D eigenvalue weighted by Crippen LogP contribution is -1.83. The van der Waals surface area contributed by atoms with Gasteiger partial charge in [-0.2, -0.15) is 10.2 Å². The van der Waals surface area contributed by atoms with Crippen molar-refractivity contribution >= 4 is 21.7 Å². The third-order valence-electron chi connectivity index (χ3n) is 2.31. The van der Waals surface area contributed by atoms with Crippen LogP contribution in [0.15, 0.2) is 42.9 Å². The first-order chi connectivity index (χ1) is 6.95. The van der Waals surface area contributed by atoms with Gasteiger partial charge in [-0.25, -0.2) is 0 Å². The minimum Gasteiger partial charge on any atom is -0.256 e. The molecule has 14 heavy (non-hydrogen) atoms. The van der Waals surface area contributed by atoms with Gasteiger partial charge in [-0.1, -0.05) is 12.1 Å². The van der Waals surface area contributed by atoms with Crippen molar-refractivity contribution in [3.05, 3.63) is 42.9 Å². The van der Waals surface area contributed by atoms with E-state index in [2.05, 4.69) is 15.2 Å². The van der Waals surface area contributed by atoms with Crippen molar-refractivity contribution in [1.29, 1.82) is 0 Å². The molecule has 0 bridgehead atoms. The summed E-state index contributed by atoms with van der Waals surface area (Å²) < 4.78 is 0. The van der Waals surface area contributed by atoms with Crippen molar-refractivity contribution in [1.82, 2.24) is 15.2 Å². The van der Waals surface area contributed by atoms with Crippen molar-refractivity contribution in [2.75, 3.05) is 0 Å². The fourth-order valence-corrected chi connectivity index (χ4v) is 1.64. The fourth-order valence-electron chi connectivity index (χ4n) is 1.64. The monoisotopic (exact) mass is 181 g/mol. The van der Waals surface area contributed by atoms with E-state index >= 15 is 0 Å². The highest BCUT2D eigenvalue weighted by Crippen LogP contribution is 2.21. The summed E-state index contributed by atoms with van der Waals surface area (Å²) in [4.78, 5) is 4.28. The van der Waals surface area contributed by atoms with Gasteiger partial charge in [0.25, 0.3) is 0 Å². The topological polar surface area (TPSA) is 38.7 Å². The van der Waals surface area contributed by atoms with E-state index in [4.69, 9.17) is 0 Å². The largest absolute Gasteiger partial charge is 0.256 e. The molecule has 0 radical (unpaired) electrons. The van der Waals surface area contributed by atoms with Crippen LogP contribution in [-0.4, -0.2) is 15.2 Å². The molecule has 0 aliphatic rings. The third-order valence-corrected chi connectivity index (χ3v) is 2.31. The second kappa shape index (κ2) is 2.73. The van der Waals surface area contributed by atoms with Crippen LogP contribution >= 0.6 is 0 Å². The molecule has 3 heteroatoms. The first-order valence-corrected chi connectivity index (χ1v) is 4.39. The molecule has 0 aliphatic heterocycles. The molecule has 0 aliphatic carbocycles. The predicted molar refractivity (Wildman–Crippen MR) is 54.8 cm³/mol. The van der Waals surface area contributed by atoms with Gasteiger partial charge >= 0.3 is 0 Å². The maximum Gasteiger partial charge on any atom is 0.0708 e. The summed E-state index contributed by atoms with van der Waals surface area (Å²) in [5.41, 5.74) is 0.994. The smallest absolute Gasteiger partial charge is 0.0708 e. The summed E-state index contributed by atoms with van der Waals surface area (Å²) in [5, 5.41) is 11.1. The van der Waals surface area contributed by atoms with Crippen molar-refractivity contribution in [2.45, 2.75) is 0 Å². The standard InChI is InChI=1S/C11H7N3/c1-2-9-10-7-14-13-6-8(10)3-4-11(9)12-5-1/h1-7H. The predicted octanol–water partition coefficient (Wildman–Crippen LogP) is 2.18. The Kier molecular flexibility index (Phi) is 1.44. The number of hydrogen-bond donors (Lipinski definition) is 0. The lowest BCUT2D eigenvalue weighted by molar-refractivity contribution is 1.05. The van der Waals surface area contributed by atoms with Crippen LogP contribution in [0.25, 0.3) is 21.7 Å². The number of hydrogen-bond acceptors (Lipinski definition) is 3. The van der Waals surface area contributed by atoms with Crippen molar-refractivity contribution < 1.29 is 0 Å². The molecule has 0 fully saturated rings. The van der Waals surface area contributed by atoms with Gasteiger partial charge in [0.15, 0.2) is 0 Å². The maximum atomic E-state index is 4.28. The SMILES string of the molecule is c1cnc2ccc3cnncc3c2c1. The van der Waals surface area contributed by atoms with Gasteiger partial charge in [-0.3, -0.25) is 4.98 Å². The number of aromatic nitrogens is 3. The number of pyridine rings is 1. The molecule has 0 unspecified atom stereocenters. The van der Waals surface area contributed by atoms with Gasteiger partial charge in [0, 0.05) is 22.4 Å². The molecule has 0 spiro atoms. The lowest BCUT2D eigenvalue weighted by Gasteiger charge is -2.00. The first kappa shape index (κ1) is 7.38. The van der Waals surface area contributed by atoms with Crippen LogP contribution in [0.1, 0.15) is 0 Å². The van der Waals surface area contributed by atoms with Crippen LogP contribution in [-0.2, 0) is 0 Å². The Labute approximate surface area is 80.4 Å². The Morgan fingerprint density at radius 2 is 1.79 bits per heavy atom. The van der Waals surface area contributed by atoms with Gasteiger partial charge in [-0.15, -0.1) is 0 Å². The molecule has 3 aromatic rings. The second-order valence-electron chi connectivity index (χ2n) is 3.13. The van der Waals surface area contributed by atoms with Gasteiger partial charge in [-0.05, 0) is 12.1 Å². The van der Waals surface area contributed by atoms with Crippen LogP contribution < -0.4 is 0 Å². The normalized spacial score (nSPS) is 10.9. The van der Waals surface area contributed by atoms with Gasteiger partial charge < -0.3 is 0 Å². The molecule has 0 atom stereocenters. The van der Waals surface area contributed by atoms with E-state index in [0.29, 0.717) is 0 Å². The molecule has 2 aromatic heterocycles. The number of nitrogens with zero attached hydrogens (tertiary/aromatic N) is 3. The Morgan fingerprint density at radius 1 is 0.857 bits per heavy atom. The first-order valence-electron chi connectivity index (χ1n) is 4.39. The molecule has 3 nitrogen and oxygen atoms in total. The summed E-state index contributed by atoms with van der Waals surface area (Å²) >= 11 is 0. The van der Waals surface area contributed by atoms with E-state index in [9.17, 15) is 0 Å². The van der Waals surface area contributed by atoms with Crippen LogP contribution in [0, 0.1) is 0 Å². The molecule has 0 saturated heterocycles. The van der Waals surface area contributed by atoms with E-state index in [-0.39, 0.29) is 0 Å². The van der Waals surface area contributed by atoms with E-state index in [1.165, 1.54) is 0 Å². The van der Waals surface area contributed by atoms with Crippen molar-refractivity contribution in [3.8, 4) is 0 Å². The van der Waals surface area contributed by atoms with Gasteiger partial charge in [0.1, 0.15) is 0 Å². The molecular weight excluding hydrogens is 174 g/mol. The zero-order valence-corrected chi connectivity index (χ0v) is 7.38. The summed E-state index contributed by atoms with van der Waals surface area (Å²) in [6.45, 7) is 0. The third kappa shape index (κ3) is 0.956. The number of benzene rings is 1. The van der Waals surface area contributed by atoms with Crippen LogP contribution in [0.5, 0.6) is 0 Å². The average molecular weight is 181 g/mol. The number of fused-ring (bicyclic) bond motifs is 3. The van der Waals surface area contributed by atoms with Gasteiger partial charge in [0.05, 0.1) is 17.9 Å². The van der Waals surface area contributed by atoms with Crippen LogP contribution in [0.4, 0.5) is 0 Å². The molecule has 1 aromatic carbocycles. The summed E-state index contributed by atoms with van der Waals surface area (Å²) in [7, 11) is 0. The highest BCUT2D eigenvalue weighted by Gasteiger charge is 1.99. The van der Waals surface area contributed by atoms with E-state index < -0.39 is 0 Å². The zero-order valence-electron chi connectivity index (χ0n) is 7.38. The molecule has 0 N–H and O–H groups in total. The average Bonchev–Trinajstić information content (AvgIpc) is 2.29. The van der Waals surface area contributed by atoms with E-state index in [0.717, 1.165) is 21.7 Å². The summed E-state index contributed by atoms with van der Waals surface area (Å²) in [5.74, 6) is 0. The Morgan fingerprint density at radius 3 is 2.79 bits per heavy atom. The minimum absolute atomic E-state index is 0.994. The highest BCUT2D eigenvalue weighted by molar-refractivity contribution is 6.05. The maximum absolute atomic E-state index is 4.28. The fraction of sp³-hybridized carbons (Fsp3) is 0. The molecule has 66 valence electrons. The Hall–Kier alpha value is -2.03. The highest BCUT2D eigenvalue weighted by atomic mass is 15.1. The molecule has 0 saturated carbocycles. The lowest BCUT2D eigenvalue weighted by atomic mass is 10.1. The Bertz CT molecular complexity index is 550. The molecule has 3 rings (SSSR count). The van der Waals surface area contributed by atoms with Gasteiger partial charge in [0.2, 0.25) is 0 Å². The van der Waals surface area contributed by atoms with E-state index in [1.54, 1.807) is 18.6 Å². The zero-order chi connectivity index (χ0) is 9.38. The van der Waals surface area contributed by atoms with Crippen molar-refractivity contribution in [2.24, 2.45) is 0 Å². The van der Waals surface area contributed by atoms with Crippen LogP contribution in [0.3, 0.4) is 0 Å². The van der Waals surface area contributed by atoms with Crippen LogP contribution in [0.2, 0.25) is 0 Å².